The largest absolute Gasteiger partial charge is 0.496 e. The van der Waals surface area contributed by atoms with Crippen molar-refractivity contribution in [3.8, 4) is 23.3 Å². The fraction of sp³-hybridized carbons (Fsp3) is 0.410. The molecule has 10 nitrogen and oxygen atoms in total. The number of nitrogens with one attached hydrogen (secondary N) is 1. The van der Waals surface area contributed by atoms with Crippen LogP contribution in [0.25, 0.3) is 10.8 Å². The van der Waals surface area contributed by atoms with Crippen molar-refractivity contribution in [3.05, 3.63) is 102 Å². The summed E-state index contributed by atoms with van der Waals surface area (Å²) < 4.78 is 40.9. The maximum Gasteiger partial charge on any atom is 0.137 e. The molecular weight excluding hydrogens is 624 g/mol. The third kappa shape index (κ3) is 10.4. The third-order valence-electron chi connectivity index (χ3n) is 8.39. The van der Waals surface area contributed by atoms with Crippen molar-refractivity contribution in [1.82, 2.24) is 5.32 Å². The number of methoxy groups -OCH3 is 2. The van der Waals surface area contributed by atoms with Crippen LogP contribution >= 0.6 is 0 Å². The Kier molecular flexibility index (Phi) is 14.1. The molecule has 1 aliphatic heterocycles. The van der Waals surface area contributed by atoms with Crippen molar-refractivity contribution >= 4 is 10.8 Å². The van der Waals surface area contributed by atoms with E-state index >= 15 is 0 Å². The average molecular weight is 671 g/mol. The minimum Gasteiger partial charge on any atom is -0.496 e. The Hall–Kier alpha value is -4.21. The first-order chi connectivity index (χ1) is 24.1. The van der Waals surface area contributed by atoms with E-state index in [-0.39, 0.29) is 31.3 Å². The number of para-hydroxylation sites is 1. The van der Waals surface area contributed by atoms with Crippen LogP contribution in [-0.4, -0.2) is 90.4 Å². The Balaban J connectivity index is 1.23. The van der Waals surface area contributed by atoms with Gasteiger partial charge in [0, 0.05) is 37.9 Å². The van der Waals surface area contributed by atoms with Crippen LogP contribution in [0.1, 0.15) is 29.0 Å². The molecule has 0 amide bonds. The lowest BCUT2D eigenvalue weighted by Gasteiger charge is -2.39. The van der Waals surface area contributed by atoms with E-state index < -0.39 is 6.10 Å². The number of aliphatic hydroxyl groups excluding tert-OH is 1. The van der Waals surface area contributed by atoms with Crippen LogP contribution in [0.5, 0.6) is 17.2 Å². The predicted octanol–water partition coefficient (Wildman–Crippen LogP) is 5.25. The van der Waals surface area contributed by atoms with E-state index in [2.05, 4.69) is 41.7 Å². The number of hydrogen-bond acceptors (Lipinski definition) is 10. The summed E-state index contributed by atoms with van der Waals surface area (Å²) in [6.45, 7) is 3.74. The summed E-state index contributed by atoms with van der Waals surface area (Å²) in [5, 5.41) is 25.4. The molecule has 1 saturated heterocycles. The van der Waals surface area contributed by atoms with Gasteiger partial charge in [0.1, 0.15) is 29.4 Å². The Morgan fingerprint density at radius 3 is 2.37 bits per heavy atom. The molecule has 0 aliphatic carbocycles. The number of fused-ring (bicyclic) bond motifs is 1. The number of nitrogens with zero attached hydrogens (tertiary/aromatic N) is 1. The van der Waals surface area contributed by atoms with Gasteiger partial charge in [0.2, 0.25) is 0 Å². The lowest BCUT2D eigenvalue weighted by atomic mass is 9.85. The highest BCUT2D eigenvalue weighted by molar-refractivity contribution is 5.89. The fourth-order valence-electron chi connectivity index (χ4n) is 5.95. The summed E-state index contributed by atoms with van der Waals surface area (Å²) in [7, 11) is 3.30. The van der Waals surface area contributed by atoms with Crippen molar-refractivity contribution in [3.63, 3.8) is 0 Å². The molecule has 0 saturated carbocycles. The van der Waals surface area contributed by atoms with Crippen LogP contribution in [0.2, 0.25) is 0 Å². The molecule has 0 radical (unpaired) electrons. The van der Waals surface area contributed by atoms with Gasteiger partial charge in [-0.1, -0.05) is 48.5 Å². The fourth-order valence-corrected chi connectivity index (χ4v) is 5.95. The molecule has 10 heteroatoms. The normalized spacial score (nSPS) is 18.1. The first-order valence-electron chi connectivity index (χ1n) is 16.7. The van der Waals surface area contributed by atoms with Crippen molar-refractivity contribution in [2.75, 3.05) is 67.0 Å². The number of piperidine rings is 1. The summed E-state index contributed by atoms with van der Waals surface area (Å²) in [4.78, 5) is 0. The Bertz CT molecular complexity index is 1630. The summed E-state index contributed by atoms with van der Waals surface area (Å²) in [6.07, 6.45) is -0.555. The molecule has 1 fully saturated rings. The predicted molar refractivity (Wildman–Crippen MR) is 186 cm³/mol. The van der Waals surface area contributed by atoms with Gasteiger partial charge in [0.15, 0.2) is 0 Å². The average Bonchev–Trinajstić information content (AvgIpc) is 3.14. The van der Waals surface area contributed by atoms with Gasteiger partial charge in [0.05, 0.1) is 71.1 Å². The van der Waals surface area contributed by atoms with Crippen molar-refractivity contribution < 1.29 is 38.3 Å². The maximum atomic E-state index is 10.5. The highest BCUT2D eigenvalue weighted by Gasteiger charge is 2.36. The molecule has 49 heavy (non-hydrogen) atoms. The SMILES string of the molecule is COCCOC[C@@H](O)CO[C@@H]1CNC[C@H](OCc2cc(OC)c3ccccc3c2)[C@H]1c1ccc(OCCCOc2ccccc2C#N)cc1. The second-order valence-corrected chi connectivity index (χ2v) is 11.9. The van der Waals surface area contributed by atoms with Crippen molar-refractivity contribution in [1.29, 1.82) is 5.26 Å². The van der Waals surface area contributed by atoms with E-state index in [0.717, 1.165) is 33.4 Å². The molecular formula is C39H46N2O8. The Morgan fingerprint density at radius 1 is 0.816 bits per heavy atom. The third-order valence-corrected chi connectivity index (χ3v) is 8.39. The van der Waals surface area contributed by atoms with Gasteiger partial charge in [-0.2, -0.15) is 5.26 Å². The first-order valence-corrected chi connectivity index (χ1v) is 16.7. The smallest absolute Gasteiger partial charge is 0.137 e. The lowest BCUT2D eigenvalue weighted by Crippen LogP contribution is -2.51. The number of hydrogen-bond donors (Lipinski definition) is 2. The van der Waals surface area contributed by atoms with Gasteiger partial charge in [0.25, 0.3) is 0 Å². The van der Waals surface area contributed by atoms with Gasteiger partial charge in [-0.15, -0.1) is 0 Å². The summed E-state index contributed by atoms with van der Waals surface area (Å²) in [5.74, 6) is 2.03. The summed E-state index contributed by atoms with van der Waals surface area (Å²) >= 11 is 0. The molecule has 5 rings (SSSR count). The van der Waals surface area contributed by atoms with E-state index in [0.29, 0.717) is 63.9 Å². The zero-order valence-corrected chi connectivity index (χ0v) is 28.2. The molecule has 0 spiro atoms. The number of aliphatic hydroxyl groups is 1. The maximum absolute atomic E-state index is 10.5. The van der Waals surface area contributed by atoms with E-state index in [1.807, 2.05) is 42.5 Å². The van der Waals surface area contributed by atoms with Gasteiger partial charge in [-0.05, 0) is 52.9 Å². The topological polar surface area (TPSA) is 121 Å². The number of rotatable bonds is 19. The van der Waals surface area contributed by atoms with Crippen LogP contribution in [0, 0.1) is 11.3 Å². The molecule has 4 aromatic carbocycles. The van der Waals surface area contributed by atoms with Crippen LogP contribution < -0.4 is 19.5 Å². The minimum atomic E-state index is -0.767. The standard InChI is InChI=1S/C39H46N2O8/c1-43-18-19-45-26-32(42)27-49-38-24-41-23-37(48-25-28-20-30-8-3-5-10-34(30)36(21-28)44-2)39(38)29-12-14-33(15-13-29)46-16-7-17-47-35-11-6-4-9-31(35)22-40/h3-6,8-15,20-21,32,37-39,41-42H,7,16-19,23-27H2,1-2H3/t32-,37+,38-,39-/m1/s1. The molecule has 0 unspecified atom stereocenters. The molecule has 0 aromatic heterocycles. The zero-order chi connectivity index (χ0) is 34.3. The van der Waals surface area contributed by atoms with Gasteiger partial charge in [-0.25, -0.2) is 0 Å². The summed E-state index contributed by atoms with van der Waals surface area (Å²) in [5.41, 5.74) is 2.59. The van der Waals surface area contributed by atoms with Crippen molar-refractivity contribution in [2.24, 2.45) is 0 Å². The monoisotopic (exact) mass is 670 g/mol. The Morgan fingerprint density at radius 2 is 1.57 bits per heavy atom. The highest BCUT2D eigenvalue weighted by atomic mass is 16.5. The van der Waals surface area contributed by atoms with Gasteiger partial charge in [-0.3, -0.25) is 0 Å². The van der Waals surface area contributed by atoms with Gasteiger partial charge < -0.3 is 43.6 Å². The van der Waals surface area contributed by atoms with E-state index in [4.69, 9.17) is 33.2 Å². The van der Waals surface area contributed by atoms with Gasteiger partial charge >= 0.3 is 0 Å². The second kappa shape index (κ2) is 19.1. The first kappa shape index (κ1) is 36.1. The number of ether oxygens (including phenoxy) is 7. The van der Waals surface area contributed by atoms with Crippen LogP contribution in [0.4, 0.5) is 0 Å². The lowest BCUT2D eigenvalue weighted by molar-refractivity contribution is -0.0896. The second-order valence-electron chi connectivity index (χ2n) is 11.9. The van der Waals surface area contributed by atoms with Crippen LogP contribution in [0.3, 0.4) is 0 Å². The molecule has 4 aromatic rings. The van der Waals surface area contributed by atoms with E-state index in [1.54, 1.807) is 26.4 Å². The minimum absolute atomic E-state index is 0.104. The van der Waals surface area contributed by atoms with Crippen LogP contribution in [0.15, 0.2) is 84.9 Å². The van der Waals surface area contributed by atoms with E-state index in [1.165, 1.54) is 0 Å². The highest BCUT2D eigenvalue weighted by Crippen LogP contribution is 2.33. The number of nitriles is 1. The van der Waals surface area contributed by atoms with Crippen molar-refractivity contribution in [2.45, 2.75) is 37.3 Å². The van der Waals surface area contributed by atoms with Crippen LogP contribution in [-0.2, 0) is 25.6 Å². The Labute approximate surface area is 288 Å². The molecule has 4 atom stereocenters. The molecule has 260 valence electrons. The molecule has 1 aliphatic rings. The number of benzene rings is 4. The zero-order valence-electron chi connectivity index (χ0n) is 28.2. The molecule has 2 N–H and O–H groups in total. The quantitative estimate of drug-likeness (QED) is 0.128. The molecule has 0 bridgehead atoms. The molecule has 1 heterocycles. The summed E-state index contributed by atoms with van der Waals surface area (Å²) in [6, 6.07) is 29.7. The van der Waals surface area contributed by atoms with E-state index in [9.17, 15) is 10.4 Å².